The Morgan fingerprint density at radius 2 is 1.48 bits per heavy atom. The number of rotatable bonds is 8. The number of likely N-dealkylation sites (tertiary alicyclic amines) is 1. The Kier molecular flexibility index (Phi) is 10.1. The van der Waals surface area contributed by atoms with Crippen molar-refractivity contribution in [3.8, 4) is 0 Å². The van der Waals surface area contributed by atoms with Crippen molar-refractivity contribution < 1.29 is 28.7 Å². The molecule has 1 aromatic rings. The molecule has 0 aromatic heterocycles. The van der Waals surface area contributed by atoms with Crippen molar-refractivity contribution in [1.82, 2.24) is 14.7 Å². The summed E-state index contributed by atoms with van der Waals surface area (Å²) in [5.41, 5.74) is 0.850. The van der Waals surface area contributed by atoms with E-state index < -0.39 is 24.0 Å². The van der Waals surface area contributed by atoms with Crippen LogP contribution in [0.25, 0.3) is 0 Å². The number of esters is 1. The normalized spacial score (nSPS) is 22.1. The van der Waals surface area contributed by atoms with Gasteiger partial charge in [-0.1, -0.05) is 90.1 Å². The Hall–Kier alpha value is -3.10. The van der Waals surface area contributed by atoms with Crippen molar-refractivity contribution in [2.24, 2.45) is 23.7 Å². The molecule has 4 amide bonds. The summed E-state index contributed by atoms with van der Waals surface area (Å²) in [7, 11) is 0. The quantitative estimate of drug-likeness (QED) is 0.328. The fourth-order valence-corrected chi connectivity index (χ4v) is 6.32. The van der Waals surface area contributed by atoms with Crippen LogP contribution in [0.2, 0.25) is 0 Å². The minimum Gasteiger partial charge on any atom is -0.459 e. The van der Waals surface area contributed by atoms with Crippen LogP contribution in [-0.2, 0) is 25.7 Å². The van der Waals surface area contributed by atoms with E-state index in [0.29, 0.717) is 25.4 Å². The second kappa shape index (κ2) is 13.5. The molecule has 3 aliphatic rings. The number of benzene rings is 1. The van der Waals surface area contributed by atoms with Crippen molar-refractivity contribution in [2.75, 3.05) is 26.2 Å². The van der Waals surface area contributed by atoms with Crippen LogP contribution in [-0.4, -0.2) is 77.0 Å². The molecule has 0 N–H and O–H groups in total. The topological polar surface area (TPSA) is 96.5 Å². The first kappa shape index (κ1) is 29.9. The molecule has 220 valence electrons. The number of β-lactam (4-membered cyclic amide) rings is 1. The van der Waals surface area contributed by atoms with Gasteiger partial charge in [0, 0.05) is 26.2 Å². The minimum absolute atomic E-state index is 0.0943. The van der Waals surface area contributed by atoms with Gasteiger partial charge in [-0.3, -0.25) is 4.79 Å². The van der Waals surface area contributed by atoms with E-state index in [0.717, 1.165) is 36.1 Å². The number of urea groups is 1. The van der Waals surface area contributed by atoms with Gasteiger partial charge in [0.05, 0.1) is 5.92 Å². The molecule has 2 saturated heterocycles. The van der Waals surface area contributed by atoms with E-state index in [1.54, 1.807) is 9.80 Å². The molecule has 2 aliphatic heterocycles. The molecule has 3 fully saturated rings. The van der Waals surface area contributed by atoms with E-state index in [1.807, 2.05) is 58.0 Å². The van der Waals surface area contributed by atoms with Gasteiger partial charge < -0.3 is 19.3 Å². The van der Waals surface area contributed by atoms with Gasteiger partial charge in [0.1, 0.15) is 12.7 Å². The summed E-state index contributed by atoms with van der Waals surface area (Å²) >= 11 is 0. The smallest absolute Gasteiger partial charge is 0.410 e. The number of nitrogens with zero attached hydrogens (tertiary/aromatic N) is 3. The Bertz CT molecular complexity index is 1020. The Morgan fingerprint density at radius 1 is 0.875 bits per heavy atom. The van der Waals surface area contributed by atoms with Crippen LogP contribution in [0.5, 0.6) is 0 Å². The first-order valence-electron chi connectivity index (χ1n) is 15.0. The lowest BCUT2D eigenvalue weighted by Crippen LogP contribution is -2.70. The number of hydrogen-bond acceptors (Lipinski definition) is 6. The predicted octanol–water partition coefficient (Wildman–Crippen LogP) is 5.08. The maximum atomic E-state index is 13.5. The lowest BCUT2D eigenvalue weighted by Gasteiger charge is -2.47. The molecule has 4 rings (SSSR count). The van der Waals surface area contributed by atoms with Crippen LogP contribution >= 0.6 is 0 Å². The molecule has 0 spiro atoms. The molecule has 1 saturated carbocycles. The van der Waals surface area contributed by atoms with Crippen LogP contribution in [0.3, 0.4) is 0 Å². The maximum Gasteiger partial charge on any atom is 0.410 e. The molecular weight excluding hydrogens is 510 g/mol. The van der Waals surface area contributed by atoms with Gasteiger partial charge in [-0.15, -0.1) is 0 Å². The molecule has 9 nitrogen and oxygen atoms in total. The SMILES string of the molecule is CC(C)C(OC(=O)N1CCN(C(=O)N2C(=O)[C@H](CC3CCCCC3)C2C(=O)OCc2ccccc2)CC1)C(C)C. The van der Waals surface area contributed by atoms with E-state index in [2.05, 4.69) is 0 Å². The highest BCUT2D eigenvalue weighted by Gasteiger charge is 2.56. The number of hydrogen-bond donors (Lipinski definition) is 0. The lowest BCUT2D eigenvalue weighted by molar-refractivity contribution is -0.172. The highest BCUT2D eigenvalue weighted by atomic mass is 16.6. The number of piperazine rings is 1. The van der Waals surface area contributed by atoms with Crippen LogP contribution in [0, 0.1) is 23.7 Å². The average Bonchev–Trinajstić information content (AvgIpc) is 2.96. The summed E-state index contributed by atoms with van der Waals surface area (Å²) < 4.78 is 11.4. The molecule has 2 heterocycles. The van der Waals surface area contributed by atoms with Crippen molar-refractivity contribution in [3.63, 3.8) is 0 Å². The summed E-state index contributed by atoms with van der Waals surface area (Å²) in [6, 6.07) is 7.99. The zero-order valence-electron chi connectivity index (χ0n) is 24.4. The Balaban J connectivity index is 1.38. The zero-order valence-corrected chi connectivity index (χ0v) is 24.4. The fourth-order valence-electron chi connectivity index (χ4n) is 6.32. The van der Waals surface area contributed by atoms with Crippen molar-refractivity contribution in [1.29, 1.82) is 0 Å². The second-order valence-electron chi connectivity index (χ2n) is 12.2. The second-order valence-corrected chi connectivity index (χ2v) is 12.2. The van der Waals surface area contributed by atoms with Gasteiger partial charge in [0.2, 0.25) is 5.91 Å². The number of imide groups is 1. The summed E-state index contributed by atoms with van der Waals surface area (Å²) in [5, 5.41) is 0. The summed E-state index contributed by atoms with van der Waals surface area (Å²) in [6.45, 7) is 9.37. The molecule has 9 heteroatoms. The molecule has 2 atom stereocenters. The lowest BCUT2D eigenvalue weighted by atomic mass is 9.76. The third kappa shape index (κ3) is 6.96. The molecular formula is C31H45N3O6. The summed E-state index contributed by atoms with van der Waals surface area (Å²) in [6.07, 6.45) is 5.63. The fraction of sp³-hybridized carbons (Fsp3) is 0.677. The predicted molar refractivity (Wildman–Crippen MR) is 150 cm³/mol. The van der Waals surface area contributed by atoms with Gasteiger partial charge >= 0.3 is 18.1 Å². The van der Waals surface area contributed by atoms with E-state index in [-0.39, 0.29) is 49.6 Å². The summed E-state index contributed by atoms with van der Waals surface area (Å²) in [5.74, 6) is -0.576. The van der Waals surface area contributed by atoms with Crippen molar-refractivity contribution in [3.05, 3.63) is 35.9 Å². The number of carbonyl (C=O) groups is 4. The molecule has 1 aliphatic carbocycles. The molecule has 0 radical (unpaired) electrons. The van der Waals surface area contributed by atoms with E-state index >= 15 is 0 Å². The average molecular weight is 556 g/mol. The maximum absolute atomic E-state index is 13.5. The Morgan fingerprint density at radius 3 is 2.08 bits per heavy atom. The first-order chi connectivity index (χ1) is 19.2. The van der Waals surface area contributed by atoms with Gasteiger partial charge in [0.25, 0.3) is 0 Å². The van der Waals surface area contributed by atoms with Crippen molar-refractivity contribution in [2.45, 2.75) is 85.0 Å². The first-order valence-corrected chi connectivity index (χ1v) is 15.0. The third-order valence-electron chi connectivity index (χ3n) is 8.56. The van der Waals surface area contributed by atoms with Crippen molar-refractivity contribution >= 4 is 24.0 Å². The van der Waals surface area contributed by atoms with E-state index in [9.17, 15) is 19.2 Å². The Labute approximate surface area is 238 Å². The van der Waals surface area contributed by atoms with E-state index in [4.69, 9.17) is 9.47 Å². The standard InChI is InChI=1S/C31H45N3O6/c1-21(2)27(22(3)4)40-31(38)33-17-15-32(16-18-33)30(37)34-26(29(36)39-20-24-13-9-6-10-14-24)25(28(34)35)19-23-11-7-5-8-12-23/h6,9-10,13-14,21-23,25-27H,5,7-8,11-12,15-20H2,1-4H3/t25-,26?/m1/s1. The largest absolute Gasteiger partial charge is 0.459 e. The number of ether oxygens (including phenoxy) is 2. The zero-order chi connectivity index (χ0) is 28.8. The third-order valence-corrected chi connectivity index (χ3v) is 8.56. The highest BCUT2D eigenvalue weighted by molar-refractivity contribution is 6.07. The molecule has 1 unspecified atom stereocenters. The van der Waals surface area contributed by atoms with Gasteiger partial charge in [-0.2, -0.15) is 0 Å². The summed E-state index contributed by atoms with van der Waals surface area (Å²) in [4.78, 5) is 57.2. The van der Waals surface area contributed by atoms with E-state index in [1.165, 1.54) is 6.42 Å². The molecule has 1 aromatic carbocycles. The number of carbonyl (C=O) groups excluding carboxylic acids is 4. The molecule has 0 bridgehead atoms. The molecule has 40 heavy (non-hydrogen) atoms. The van der Waals surface area contributed by atoms with Crippen LogP contribution in [0.1, 0.15) is 71.8 Å². The highest BCUT2D eigenvalue weighted by Crippen LogP contribution is 2.38. The van der Waals surface area contributed by atoms with Gasteiger partial charge in [-0.25, -0.2) is 19.3 Å². The monoisotopic (exact) mass is 555 g/mol. The van der Waals surface area contributed by atoms with Crippen LogP contribution in [0.4, 0.5) is 9.59 Å². The minimum atomic E-state index is -0.911. The van der Waals surface area contributed by atoms with Crippen LogP contribution < -0.4 is 0 Å². The number of amides is 4. The van der Waals surface area contributed by atoms with Gasteiger partial charge in [0.15, 0.2) is 6.04 Å². The van der Waals surface area contributed by atoms with Gasteiger partial charge in [-0.05, 0) is 29.7 Å². The van der Waals surface area contributed by atoms with Crippen LogP contribution in [0.15, 0.2) is 30.3 Å².